The van der Waals surface area contributed by atoms with Crippen molar-refractivity contribution in [2.45, 2.75) is 11.8 Å². The van der Waals surface area contributed by atoms with E-state index in [1.807, 2.05) is 0 Å². The van der Waals surface area contributed by atoms with Gasteiger partial charge in [0.2, 0.25) is 15.9 Å². The quantitative estimate of drug-likeness (QED) is 0.783. The van der Waals surface area contributed by atoms with E-state index < -0.39 is 22.5 Å². The molecule has 134 valence electrons. The molecule has 0 atom stereocenters. The Morgan fingerprint density at radius 1 is 1.08 bits per heavy atom. The fraction of sp³-hybridized carbons (Fsp3) is 0.235. The van der Waals surface area contributed by atoms with Crippen molar-refractivity contribution in [1.82, 2.24) is 4.72 Å². The molecule has 0 radical (unpaired) electrons. The Bertz CT molecular complexity index is 865. The van der Waals surface area contributed by atoms with E-state index in [-0.39, 0.29) is 4.90 Å². The van der Waals surface area contributed by atoms with Crippen LogP contribution in [-0.2, 0) is 14.8 Å². The highest BCUT2D eigenvalue weighted by molar-refractivity contribution is 7.89. The lowest BCUT2D eigenvalue weighted by Gasteiger charge is -2.12. The first kappa shape index (κ1) is 18.8. The standard InChI is InChI=1S/C17H20N2O5S/c1-12-5-4-6-14(9-12)25(21,22)18-11-17(20)19-15-8-7-13(23-2)10-16(15)24-3/h4-10,18H,11H2,1-3H3,(H,19,20). The molecule has 2 aromatic rings. The summed E-state index contributed by atoms with van der Waals surface area (Å²) in [5.74, 6) is 0.476. The normalized spacial score (nSPS) is 11.0. The lowest BCUT2D eigenvalue weighted by atomic mass is 10.2. The zero-order valence-corrected chi connectivity index (χ0v) is 15.0. The molecule has 0 heterocycles. The second-order valence-electron chi connectivity index (χ2n) is 5.26. The first-order valence-corrected chi connectivity index (χ1v) is 8.92. The molecule has 2 N–H and O–H groups in total. The maximum absolute atomic E-state index is 12.2. The smallest absolute Gasteiger partial charge is 0.241 e. The molecule has 0 saturated carbocycles. The second-order valence-corrected chi connectivity index (χ2v) is 7.02. The molecule has 0 aliphatic rings. The van der Waals surface area contributed by atoms with Crippen LogP contribution in [0.1, 0.15) is 5.56 Å². The molecule has 0 fully saturated rings. The largest absolute Gasteiger partial charge is 0.497 e. The van der Waals surface area contributed by atoms with Crippen molar-refractivity contribution in [3.8, 4) is 11.5 Å². The number of anilines is 1. The van der Waals surface area contributed by atoms with Gasteiger partial charge < -0.3 is 14.8 Å². The highest BCUT2D eigenvalue weighted by atomic mass is 32.2. The van der Waals surface area contributed by atoms with Crippen LogP contribution in [0.2, 0.25) is 0 Å². The third-order valence-electron chi connectivity index (χ3n) is 3.41. The SMILES string of the molecule is COc1ccc(NC(=O)CNS(=O)(=O)c2cccc(C)c2)c(OC)c1. The van der Waals surface area contributed by atoms with Crippen LogP contribution in [0.3, 0.4) is 0 Å². The fourth-order valence-corrected chi connectivity index (χ4v) is 3.21. The Morgan fingerprint density at radius 2 is 1.84 bits per heavy atom. The van der Waals surface area contributed by atoms with Crippen LogP contribution in [0.25, 0.3) is 0 Å². The van der Waals surface area contributed by atoms with E-state index in [9.17, 15) is 13.2 Å². The number of sulfonamides is 1. The fourth-order valence-electron chi connectivity index (χ4n) is 2.12. The van der Waals surface area contributed by atoms with E-state index >= 15 is 0 Å². The average molecular weight is 364 g/mol. The molecule has 2 rings (SSSR count). The van der Waals surface area contributed by atoms with Crippen molar-refractivity contribution in [2.75, 3.05) is 26.1 Å². The van der Waals surface area contributed by atoms with E-state index in [1.165, 1.54) is 26.4 Å². The number of benzene rings is 2. The minimum Gasteiger partial charge on any atom is -0.497 e. The Labute approximate surface area is 147 Å². The zero-order chi connectivity index (χ0) is 18.4. The molecule has 25 heavy (non-hydrogen) atoms. The van der Waals surface area contributed by atoms with E-state index in [0.717, 1.165) is 5.56 Å². The van der Waals surface area contributed by atoms with Crippen LogP contribution in [0.4, 0.5) is 5.69 Å². The maximum Gasteiger partial charge on any atom is 0.241 e. The van der Waals surface area contributed by atoms with Gasteiger partial charge in [-0.15, -0.1) is 0 Å². The van der Waals surface area contributed by atoms with Gasteiger partial charge in [0.25, 0.3) is 0 Å². The van der Waals surface area contributed by atoms with Gasteiger partial charge in [0, 0.05) is 6.07 Å². The predicted octanol–water partition coefficient (Wildman–Crippen LogP) is 1.93. The van der Waals surface area contributed by atoms with Gasteiger partial charge in [-0.2, -0.15) is 0 Å². The Kier molecular flexibility index (Phi) is 6.00. The summed E-state index contributed by atoms with van der Waals surface area (Å²) < 4.78 is 37.0. The molecule has 2 aromatic carbocycles. The van der Waals surface area contributed by atoms with Gasteiger partial charge in [0.05, 0.1) is 31.3 Å². The summed E-state index contributed by atoms with van der Waals surface area (Å²) >= 11 is 0. The summed E-state index contributed by atoms with van der Waals surface area (Å²) in [6, 6.07) is 11.3. The lowest BCUT2D eigenvalue weighted by molar-refractivity contribution is -0.115. The number of carbonyl (C=O) groups excluding carboxylic acids is 1. The molecular weight excluding hydrogens is 344 g/mol. The predicted molar refractivity (Wildman–Crippen MR) is 94.5 cm³/mol. The monoisotopic (exact) mass is 364 g/mol. The number of amides is 1. The van der Waals surface area contributed by atoms with Crippen LogP contribution >= 0.6 is 0 Å². The van der Waals surface area contributed by atoms with Crippen molar-refractivity contribution in [3.63, 3.8) is 0 Å². The van der Waals surface area contributed by atoms with Crippen molar-refractivity contribution in [1.29, 1.82) is 0 Å². The number of ether oxygens (including phenoxy) is 2. The van der Waals surface area contributed by atoms with E-state index in [2.05, 4.69) is 10.0 Å². The number of nitrogens with one attached hydrogen (secondary N) is 2. The minimum atomic E-state index is -3.76. The number of methoxy groups -OCH3 is 2. The lowest BCUT2D eigenvalue weighted by Crippen LogP contribution is -2.33. The van der Waals surface area contributed by atoms with E-state index in [0.29, 0.717) is 17.2 Å². The molecule has 0 unspecified atom stereocenters. The summed E-state index contributed by atoms with van der Waals surface area (Å²) in [6.45, 7) is 1.40. The first-order valence-electron chi connectivity index (χ1n) is 7.44. The summed E-state index contributed by atoms with van der Waals surface area (Å²) in [4.78, 5) is 12.2. The van der Waals surface area contributed by atoms with Crippen molar-refractivity contribution >= 4 is 21.6 Å². The molecule has 0 aliphatic heterocycles. The molecule has 0 bridgehead atoms. The summed E-state index contributed by atoms with van der Waals surface area (Å²) in [5.41, 5.74) is 1.23. The number of carbonyl (C=O) groups is 1. The van der Waals surface area contributed by atoms with E-state index in [1.54, 1.807) is 37.3 Å². The van der Waals surface area contributed by atoms with Crippen molar-refractivity contribution in [3.05, 3.63) is 48.0 Å². The molecule has 0 spiro atoms. The van der Waals surface area contributed by atoms with E-state index in [4.69, 9.17) is 9.47 Å². The molecule has 0 aromatic heterocycles. The number of aryl methyl sites for hydroxylation is 1. The molecule has 8 heteroatoms. The zero-order valence-electron chi connectivity index (χ0n) is 14.2. The number of rotatable bonds is 7. The summed E-state index contributed by atoms with van der Waals surface area (Å²) in [5, 5.41) is 2.60. The Hall–Kier alpha value is -2.58. The topological polar surface area (TPSA) is 93.7 Å². The van der Waals surface area contributed by atoms with Crippen molar-refractivity contribution in [2.24, 2.45) is 0 Å². The van der Waals surface area contributed by atoms with Crippen molar-refractivity contribution < 1.29 is 22.7 Å². The molecule has 0 saturated heterocycles. The van der Waals surface area contributed by atoms with Crippen LogP contribution in [0.15, 0.2) is 47.4 Å². The second kappa shape index (κ2) is 8.00. The van der Waals surface area contributed by atoms with Gasteiger partial charge >= 0.3 is 0 Å². The molecule has 1 amide bonds. The average Bonchev–Trinajstić information content (AvgIpc) is 2.60. The van der Waals surface area contributed by atoms with Crippen LogP contribution < -0.4 is 19.5 Å². The highest BCUT2D eigenvalue weighted by Crippen LogP contribution is 2.28. The highest BCUT2D eigenvalue weighted by Gasteiger charge is 2.16. The van der Waals surface area contributed by atoms with Gasteiger partial charge in [0.1, 0.15) is 11.5 Å². The molecule has 7 nitrogen and oxygen atoms in total. The minimum absolute atomic E-state index is 0.113. The third-order valence-corrected chi connectivity index (χ3v) is 4.80. The summed E-state index contributed by atoms with van der Waals surface area (Å²) in [6.07, 6.45) is 0. The Morgan fingerprint density at radius 3 is 2.48 bits per heavy atom. The maximum atomic E-state index is 12.2. The molecule has 0 aliphatic carbocycles. The third kappa shape index (κ3) is 4.94. The number of hydrogen-bond donors (Lipinski definition) is 2. The van der Waals surface area contributed by atoms with Gasteiger partial charge in [-0.1, -0.05) is 12.1 Å². The first-order chi connectivity index (χ1) is 11.9. The van der Waals surface area contributed by atoms with Gasteiger partial charge in [-0.05, 0) is 36.8 Å². The Balaban J connectivity index is 2.03. The van der Waals surface area contributed by atoms with Crippen LogP contribution in [0, 0.1) is 6.92 Å². The van der Waals surface area contributed by atoms with Gasteiger partial charge in [-0.25, -0.2) is 13.1 Å². The number of hydrogen-bond acceptors (Lipinski definition) is 5. The van der Waals surface area contributed by atoms with Gasteiger partial charge in [0.15, 0.2) is 0 Å². The molecular formula is C17H20N2O5S. The summed E-state index contributed by atoms with van der Waals surface area (Å²) in [7, 11) is -0.774. The van der Waals surface area contributed by atoms with Gasteiger partial charge in [-0.3, -0.25) is 4.79 Å². The van der Waals surface area contributed by atoms with Crippen LogP contribution in [0.5, 0.6) is 11.5 Å². The van der Waals surface area contributed by atoms with Crippen LogP contribution in [-0.4, -0.2) is 35.1 Å².